The van der Waals surface area contributed by atoms with Crippen LogP contribution in [-0.4, -0.2) is 24.3 Å². The van der Waals surface area contributed by atoms with Crippen LogP contribution >= 0.6 is 11.8 Å². The molecule has 7 heteroatoms. The Labute approximate surface area is 273 Å². The molecule has 2 aliphatic carbocycles. The Bertz CT molecular complexity index is 1850. The van der Waals surface area contributed by atoms with Gasteiger partial charge in [-0.2, -0.15) is 13.2 Å². The zero-order valence-electron chi connectivity index (χ0n) is 25.8. The first kappa shape index (κ1) is 28.6. The van der Waals surface area contributed by atoms with Crippen molar-refractivity contribution in [2.45, 2.75) is 86.7 Å². The normalized spacial score (nSPS) is 18.5. The van der Waals surface area contributed by atoms with E-state index in [-0.39, 0.29) is 35.5 Å². The van der Waals surface area contributed by atoms with Gasteiger partial charge in [0.15, 0.2) is 0 Å². The largest absolute Gasteiger partial charge is 0.446 e. The number of halogens is 3. The van der Waals surface area contributed by atoms with E-state index < -0.39 is 5.51 Å². The number of fused-ring (bicyclic) bond motifs is 8. The Kier molecular flexibility index (Phi) is 6.85. The van der Waals surface area contributed by atoms with Crippen molar-refractivity contribution < 1.29 is 13.2 Å². The van der Waals surface area contributed by atoms with Crippen LogP contribution in [0.15, 0.2) is 89.8 Å². The van der Waals surface area contributed by atoms with Crippen molar-refractivity contribution in [1.29, 1.82) is 0 Å². The van der Waals surface area contributed by atoms with E-state index in [1.54, 1.807) is 0 Å². The van der Waals surface area contributed by atoms with Crippen LogP contribution in [0.2, 0.25) is 0 Å². The van der Waals surface area contributed by atoms with E-state index in [4.69, 9.17) is 0 Å². The van der Waals surface area contributed by atoms with E-state index in [0.29, 0.717) is 0 Å². The molecule has 0 unspecified atom stereocenters. The Hall–Kier alpha value is -3.58. The van der Waals surface area contributed by atoms with Crippen LogP contribution in [0.25, 0.3) is 21.5 Å². The van der Waals surface area contributed by atoms with Gasteiger partial charge in [-0.25, -0.2) is 0 Å². The van der Waals surface area contributed by atoms with Gasteiger partial charge in [0.25, 0.3) is 6.71 Å². The van der Waals surface area contributed by atoms with Gasteiger partial charge in [-0.15, -0.1) is 0 Å². The first-order chi connectivity index (χ1) is 22.5. The molecule has 46 heavy (non-hydrogen) atoms. The number of rotatable bonds is 3. The molecule has 2 saturated carbocycles. The Morgan fingerprint density at radius 2 is 1.04 bits per heavy atom. The summed E-state index contributed by atoms with van der Waals surface area (Å²) in [4.78, 5) is 5.28. The van der Waals surface area contributed by atoms with E-state index in [1.807, 2.05) is 12.1 Å². The molecule has 2 nitrogen and oxygen atoms in total. The molecule has 0 saturated heterocycles. The zero-order chi connectivity index (χ0) is 31.0. The molecule has 2 aliphatic heterocycles. The highest BCUT2D eigenvalue weighted by Crippen LogP contribution is 2.49. The van der Waals surface area contributed by atoms with Gasteiger partial charge in [0.1, 0.15) is 0 Å². The predicted molar refractivity (Wildman–Crippen MR) is 189 cm³/mol. The van der Waals surface area contributed by atoms with Crippen LogP contribution in [0, 0.1) is 0 Å². The second kappa shape index (κ2) is 11.0. The van der Waals surface area contributed by atoms with Gasteiger partial charge in [-0.3, -0.25) is 0 Å². The van der Waals surface area contributed by atoms with Crippen LogP contribution in [0.3, 0.4) is 0 Å². The molecule has 0 bridgehead atoms. The molecule has 4 aliphatic rings. The summed E-state index contributed by atoms with van der Waals surface area (Å²) in [6.45, 7) is -0.0613. The minimum Gasteiger partial charge on any atom is -0.339 e. The monoisotopic (exact) mass is 632 g/mol. The summed E-state index contributed by atoms with van der Waals surface area (Å²) in [5.74, 6) is 0. The number of nitrogens with zero attached hydrogens (tertiary/aromatic N) is 2. The molecule has 0 spiro atoms. The highest BCUT2D eigenvalue weighted by Gasteiger charge is 2.47. The zero-order valence-corrected chi connectivity index (χ0v) is 26.6. The average Bonchev–Trinajstić information content (AvgIpc) is 3.08. The summed E-state index contributed by atoms with van der Waals surface area (Å²) in [5.41, 5.74) is 3.69. The number of hydrogen-bond acceptors (Lipinski definition) is 3. The number of thioether (sulfide) groups is 1. The van der Waals surface area contributed by atoms with E-state index in [2.05, 4.69) is 82.6 Å². The lowest BCUT2D eigenvalue weighted by Crippen LogP contribution is -2.64. The molecular formula is C39H36BF3N2S. The lowest BCUT2D eigenvalue weighted by Gasteiger charge is -2.49. The highest BCUT2D eigenvalue weighted by atomic mass is 32.2. The van der Waals surface area contributed by atoms with Gasteiger partial charge in [0, 0.05) is 50.5 Å². The number of alkyl halides is 3. The van der Waals surface area contributed by atoms with Crippen molar-refractivity contribution in [3.05, 3.63) is 84.9 Å². The fourth-order valence-corrected chi connectivity index (χ4v) is 9.80. The molecule has 2 heterocycles. The molecule has 2 fully saturated rings. The topological polar surface area (TPSA) is 6.48 Å². The first-order valence-corrected chi connectivity index (χ1v) is 17.8. The Balaban J connectivity index is 1.41. The summed E-state index contributed by atoms with van der Waals surface area (Å²) in [6, 6.07) is 30.5. The Morgan fingerprint density at radius 3 is 1.50 bits per heavy atom. The third-order valence-electron chi connectivity index (χ3n) is 11.0. The van der Waals surface area contributed by atoms with Crippen molar-refractivity contribution in [3.8, 4) is 0 Å². The number of hydrogen-bond donors (Lipinski definition) is 0. The van der Waals surface area contributed by atoms with E-state index in [0.717, 1.165) is 62.7 Å². The second-order valence-corrected chi connectivity index (χ2v) is 14.8. The van der Waals surface area contributed by atoms with Crippen molar-refractivity contribution in [2.75, 3.05) is 9.80 Å². The van der Waals surface area contributed by atoms with E-state index >= 15 is 0 Å². The highest BCUT2D eigenvalue weighted by molar-refractivity contribution is 8.00. The SMILES string of the molecule is FC(F)(F)Sc1cc2c3c(c1)N(C1CCCCC1)c1c(ccc4ccccc14)B3c1ccc3ccccc3c1N2C1CCCCC1. The van der Waals surface area contributed by atoms with Crippen molar-refractivity contribution in [1.82, 2.24) is 0 Å². The third kappa shape index (κ3) is 4.56. The molecule has 0 aromatic heterocycles. The van der Waals surface area contributed by atoms with Crippen molar-refractivity contribution in [3.63, 3.8) is 0 Å². The quantitative estimate of drug-likeness (QED) is 0.145. The van der Waals surface area contributed by atoms with Crippen LogP contribution in [0.4, 0.5) is 35.9 Å². The molecule has 232 valence electrons. The van der Waals surface area contributed by atoms with Crippen LogP contribution in [-0.2, 0) is 0 Å². The molecule has 0 radical (unpaired) electrons. The number of benzene rings is 5. The molecule has 5 aromatic carbocycles. The van der Waals surface area contributed by atoms with Crippen LogP contribution < -0.4 is 26.2 Å². The molecule has 9 rings (SSSR count). The summed E-state index contributed by atoms with van der Waals surface area (Å²) >= 11 is 0.0423. The summed E-state index contributed by atoms with van der Waals surface area (Å²) in [7, 11) is 0. The minimum atomic E-state index is -4.37. The molecular weight excluding hydrogens is 596 g/mol. The minimum absolute atomic E-state index is 0.0423. The molecule has 0 atom stereocenters. The standard InChI is InChI=1S/C39H36BF3N2S/c41-39(42,43)46-29-23-34-36-35(24-29)45(28-15-5-2-6-16-28)38-31-18-10-8-12-26(31)20-22-33(38)40(36)32-21-19-25-11-7-9-17-30(25)37(32)44(34)27-13-3-1-4-14-27/h7-12,17-24,27-28H,1-6,13-16H2. The van der Waals surface area contributed by atoms with Crippen molar-refractivity contribution >= 4 is 79.2 Å². The maximum atomic E-state index is 14.2. The third-order valence-corrected chi connectivity index (χ3v) is 11.7. The second-order valence-electron chi connectivity index (χ2n) is 13.6. The first-order valence-electron chi connectivity index (χ1n) is 17.0. The van der Waals surface area contributed by atoms with Gasteiger partial charge in [0.2, 0.25) is 0 Å². The van der Waals surface area contributed by atoms with Gasteiger partial charge in [-0.05, 0) is 76.7 Å². The fraction of sp³-hybridized carbons (Fsp3) is 0.333. The maximum Gasteiger partial charge on any atom is 0.446 e. The van der Waals surface area contributed by atoms with Gasteiger partial charge in [0.05, 0.1) is 0 Å². The summed E-state index contributed by atoms with van der Waals surface area (Å²) in [6.07, 6.45) is 11.2. The molecule has 5 aromatic rings. The van der Waals surface area contributed by atoms with Crippen molar-refractivity contribution in [2.24, 2.45) is 0 Å². The smallest absolute Gasteiger partial charge is 0.339 e. The predicted octanol–water partition coefficient (Wildman–Crippen LogP) is 9.69. The lowest BCUT2D eigenvalue weighted by molar-refractivity contribution is -0.0328. The lowest BCUT2D eigenvalue weighted by atomic mass is 9.33. The van der Waals surface area contributed by atoms with Crippen LogP contribution in [0.1, 0.15) is 64.2 Å². The van der Waals surface area contributed by atoms with E-state index in [9.17, 15) is 13.2 Å². The summed E-state index contributed by atoms with van der Waals surface area (Å²) < 4.78 is 42.7. The van der Waals surface area contributed by atoms with Gasteiger partial charge < -0.3 is 9.80 Å². The average molecular weight is 633 g/mol. The maximum absolute atomic E-state index is 14.2. The fourth-order valence-electron chi connectivity index (χ4n) is 9.19. The molecule has 0 amide bonds. The van der Waals surface area contributed by atoms with Crippen LogP contribution in [0.5, 0.6) is 0 Å². The Morgan fingerprint density at radius 1 is 0.587 bits per heavy atom. The van der Waals surface area contributed by atoms with Gasteiger partial charge >= 0.3 is 5.51 Å². The van der Waals surface area contributed by atoms with Gasteiger partial charge in [-0.1, -0.05) is 111 Å². The molecule has 0 N–H and O–H groups in total. The van der Waals surface area contributed by atoms with E-state index in [1.165, 1.54) is 62.1 Å². The number of anilines is 4. The summed E-state index contributed by atoms with van der Waals surface area (Å²) in [5, 5.41) is 4.71.